The topological polar surface area (TPSA) is 78.2 Å². The number of nitrogens with zero attached hydrogens (tertiary/aromatic N) is 4. The van der Waals surface area contributed by atoms with E-state index >= 15 is 0 Å². The highest BCUT2D eigenvalue weighted by molar-refractivity contribution is 7.90. The lowest BCUT2D eigenvalue weighted by atomic mass is 10.0. The number of pyridine rings is 1. The summed E-state index contributed by atoms with van der Waals surface area (Å²) in [6, 6.07) is 8.23. The van der Waals surface area contributed by atoms with Crippen molar-refractivity contribution in [3.8, 4) is 11.3 Å². The van der Waals surface area contributed by atoms with Gasteiger partial charge in [-0.1, -0.05) is 32.8 Å². The van der Waals surface area contributed by atoms with E-state index in [9.17, 15) is 4.55 Å². The van der Waals surface area contributed by atoms with Gasteiger partial charge in [0.25, 0.3) is 0 Å². The van der Waals surface area contributed by atoms with Gasteiger partial charge in [-0.05, 0) is 37.3 Å². The molecule has 0 radical (unpaired) electrons. The van der Waals surface area contributed by atoms with Gasteiger partial charge in [0.05, 0.1) is 16.9 Å². The lowest BCUT2D eigenvalue weighted by Gasteiger charge is -2.12. The van der Waals surface area contributed by atoms with Gasteiger partial charge in [0.1, 0.15) is 6.26 Å². The second-order valence-corrected chi connectivity index (χ2v) is 9.25. The van der Waals surface area contributed by atoms with Gasteiger partial charge in [-0.2, -0.15) is 9.61 Å². The van der Waals surface area contributed by atoms with Crippen molar-refractivity contribution in [2.45, 2.75) is 57.0 Å². The van der Waals surface area contributed by atoms with Crippen LogP contribution in [0.15, 0.2) is 35.5 Å². The Kier molecular flexibility index (Phi) is 5.55. The van der Waals surface area contributed by atoms with Gasteiger partial charge in [-0.25, -0.2) is 9.97 Å². The van der Waals surface area contributed by atoms with E-state index < -0.39 is 11.2 Å². The monoisotopic (exact) mass is 397 g/mol. The zero-order valence-electron chi connectivity index (χ0n) is 16.7. The third-order valence-corrected chi connectivity index (χ3v) is 6.09. The summed E-state index contributed by atoms with van der Waals surface area (Å²) < 4.78 is 14.0. The molecule has 6 nitrogen and oxygen atoms in total. The van der Waals surface area contributed by atoms with Crippen LogP contribution in [-0.2, 0) is 17.6 Å². The molecule has 3 aromatic rings. The smallest absolute Gasteiger partial charge is 0.245 e. The van der Waals surface area contributed by atoms with Crippen molar-refractivity contribution in [3.05, 3.63) is 36.2 Å². The van der Waals surface area contributed by atoms with Crippen molar-refractivity contribution < 1.29 is 4.55 Å². The maximum absolute atomic E-state index is 12.2. The van der Waals surface area contributed by atoms with Gasteiger partial charge < -0.3 is 9.87 Å². The molecule has 0 aliphatic heterocycles. The predicted molar refractivity (Wildman–Crippen MR) is 113 cm³/mol. The van der Waals surface area contributed by atoms with Crippen LogP contribution in [0.1, 0.15) is 45.2 Å². The van der Waals surface area contributed by atoms with Gasteiger partial charge in [0, 0.05) is 35.0 Å². The molecule has 148 valence electrons. The number of fused-ring (bicyclic) bond motifs is 1. The van der Waals surface area contributed by atoms with Crippen LogP contribution in [0, 0.1) is 5.92 Å². The molecule has 1 N–H and O–H groups in total. The summed E-state index contributed by atoms with van der Waals surface area (Å²) in [6.07, 6.45) is 9.21. The average Bonchev–Trinajstić information content (AvgIpc) is 3.28. The van der Waals surface area contributed by atoms with Crippen LogP contribution in [0.3, 0.4) is 0 Å². The molecular weight excluding hydrogens is 370 g/mol. The Morgan fingerprint density at radius 1 is 1.25 bits per heavy atom. The summed E-state index contributed by atoms with van der Waals surface area (Å²) in [4.78, 5) is 9.25. The maximum atomic E-state index is 12.2. The quantitative estimate of drug-likeness (QED) is 0.634. The van der Waals surface area contributed by atoms with Crippen LogP contribution < -0.4 is 5.32 Å². The number of hydrogen-bond acceptors (Lipinski definition) is 5. The van der Waals surface area contributed by atoms with Crippen molar-refractivity contribution in [2.75, 3.05) is 11.6 Å². The minimum Gasteiger partial charge on any atom is -0.610 e. The van der Waals surface area contributed by atoms with Crippen LogP contribution in [0.2, 0.25) is 0 Å². The van der Waals surface area contributed by atoms with E-state index in [4.69, 9.17) is 10.1 Å². The third kappa shape index (κ3) is 3.86. The van der Waals surface area contributed by atoms with Crippen LogP contribution in [0.25, 0.3) is 16.8 Å². The van der Waals surface area contributed by atoms with E-state index in [1.165, 1.54) is 25.7 Å². The lowest BCUT2D eigenvalue weighted by molar-refractivity contribution is 0.590. The largest absolute Gasteiger partial charge is 0.610 e. The molecular formula is C21H27N5OS. The van der Waals surface area contributed by atoms with Crippen LogP contribution in [-0.4, -0.2) is 36.4 Å². The van der Waals surface area contributed by atoms with Crippen molar-refractivity contribution in [1.82, 2.24) is 19.6 Å². The molecule has 3 aromatic heterocycles. The van der Waals surface area contributed by atoms with Crippen molar-refractivity contribution in [1.29, 1.82) is 0 Å². The first kappa shape index (κ1) is 19.2. The minimum atomic E-state index is -1.12. The maximum Gasteiger partial charge on any atom is 0.245 e. The van der Waals surface area contributed by atoms with E-state index in [0.29, 0.717) is 22.9 Å². The zero-order valence-corrected chi connectivity index (χ0v) is 17.5. The molecule has 4 rings (SSSR count). The van der Waals surface area contributed by atoms with Crippen LogP contribution in [0.5, 0.6) is 0 Å². The highest BCUT2D eigenvalue weighted by Gasteiger charge is 2.22. The molecule has 1 atom stereocenters. The fourth-order valence-corrected chi connectivity index (χ4v) is 4.59. The van der Waals surface area contributed by atoms with Gasteiger partial charge in [0.15, 0.2) is 0 Å². The fourth-order valence-electron chi connectivity index (χ4n) is 3.94. The Bertz CT molecular complexity index is 963. The molecule has 0 bridgehead atoms. The molecule has 7 heteroatoms. The summed E-state index contributed by atoms with van der Waals surface area (Å²) in [5.41, 5.74) is 3.80. The highest BCUT2D eigenvalue weighted by atomic mass is 32.2. The summed E-state index contributed by atoms with van der Waals surface area (Å²) in [5, 5.41) is 9.01. The van der Waals surface area contributed by atoms with Gasteiger partial charge in [-0.3, -0.25) is 0 Å². The molecule has 1 saturated carbocycles. The SMILES string of the molecule is CC(C)Cc1nn2c([S+](C)[O-])cccc2c1-c1ccnc(NC2CCCC2)n1. The molecule has 1 aliphatic rings. The first-order valence-electron chi connectivity index (χ1n) is 9.97. The zero-order chi connectivity index (χ0) is 19.7. The van der Waals surface area contributed by atoms with Crippen molar-refractivity contribution in [2.24, 2.45) is 5.92 Å². The van der Waals surface area contributed by atoms with E-state index in [-0.39, 0.29) is 0 Å². The summed E-state index contributed by atoms with van der Waals surface area (Å²) in [6.45, 7) is 4.36. The molecule has 3 heterocycles. The Morgan fingerprint density at radius 3 is 2.75 bits per heavy atom. The Hall–Kier alpha value is -2.12. The number of hydrogen-bond donors (Lipinski definition) is 1. The van der Waals surface area contributed by atoms with E-state index in [1.54, 1.807) is 6.26 Å². The normalized spacial score (nSPS) is 16.2. The Morgan fingerprint density at radius 2 is 2.04 bits per heavy atom. The number of rotatable bonds is 6. The second-order valence-electron chi connectivity index (χ2n) is 7.93. The molecule has 1 aliphatic carbocycles. The third-order valence-electron chi connectivity index (χ3n) is 5.19. The summed E-state index contributed by atoms with van der Waals surface area (Å²) >= 11 is -1.12. The van der Waals surface area contributed by atoms with E-state index in [0.717, 1.165) is 28.9 Å². The van der Waals surface area contributed by atoms with Gasteiger partial charge in [0.2, 0.25) is 11.0 Å². The van der Waals surface area contributed by atoms with Crippen molar-refractivity contribution in [3.63, 3.8) is 0 Å². The summed E-state index contributed by atoms with van der Waals surface area (Å²) in [5.74, 6) is 1.13. The molecule has 28 heavy (non-hydrogen) atoms. The first-order chi connectivity index (χ1) is 13.5. The van der Waals surface area contributed by atoms with Crippen LogP contribution in [0.4, 0.5) is 5.95 Å². The molecule has 0 amide bonds. The fraction of sp³-hybridized carbons (Fsp3) is 0.476. The first-order valence-corrected chi connectivity index (χ1v) is 11.5. The number of aromatic nitrogens is 4. The standard InChI is InChI=1S/C21H27N5OS/c1-14(2)13-17-20(18-9-6-10-19(28(3)27)26(18)25-17)16-11-12-22-21(24-16)23-15-7-4-5-8-15/h6,9-12,14-15H,4-5,7-8,13H2,1-3H3,(H,22,23,24). The number of nitrogens with one attached hydrogen (secondary N) is 1. The minimum absolute atomic E-state index is 0.456. The van der Waals surface area contributed by atoms with Crippen molar-refractivity contribution >= 4 is 22.6 Å². The molecule has 0 saturated heterocycles. The lowest BCUT2D eigenvalue weighted by Crippen LogP contribution is -2.16. The molecule has 0 aromatic carbocycles. The Balaban J connectivity index is 1.81. The predicted octanol–water partition coefficient (Wildman–Crippen LogP) is 4.08. The highest BCUT2D eigenvalue weighted by Crippen LogP contribution is 2.31. The molecule has 1 fully saturated rings. The second kappa shape index (κ2) is 8.09. The van der Waals surface area contributed by atoms with Crippen LogP contribution >= 0.6 is 0 Å². The Labute approximate surface area is 169 Å². The van der Waals surface area contributed by atoms with E-state index in [2.05, 4.69) is 24.1 Å². The molecule has 1 unspecified atom stereocenters. The van der Waals surface area contributed by atoms with Gasteiger partial charge in [-0.15, -0.1) is 0 Å². The number of anilines is 1. The average molecular weight is 398 g/mol. The molecule has 0 spiro atoms. The van der Waals surface area contributed by atoms with E-state index in [1.807, 2.05) is 35.0 Å². The van der Waals surface area contributed by atoms with Gasteiger partial charge >= 0.3 is 0 Å². The summed E-state index contributed by atoms with van der Waals surface area (Å²) in [7, 11) is 0.